The third-order valence-corrected chi connectivity index (χ3v) is 5.34. The van der Waals surface area contributed by atoms with Crippen LogP contribution in [0.25, 0.3) is 10.6 Å². The molecule has 24 heavy (non-hydrogen) atoms. The van der Waals surface area contributed by atoms with Crippen molar-refractivity contribution in [2.75, 3.05) is 0 Å². The lowest BCUT2D eigenvalue weighted by atomic mass is 10.2. The number of nitrogens with one attached hydrogen (secondary N) is 1. The van der Waals surface area contributed by atoms with Gasteiger partial charge in [0.05, 0.1) is 22.3 Å². The van der Waals surface area contributed by atoms with E-state index in [2.05, 4.69) is 15.3 Å². The predicted molar refractivity (Wildman–Crippen MR) is 97.7 cm³/mol. The van der Waals surface area contributed by atoms with Crippen LogP contribution in [-0.4, -0.2) is 15.9 Å². The van der Waals surface area contributed by atoms with Gasteiger partial charge in [-0.2, -0.15) is 0 Å². The van der Waals surface area contributed by atoms with Crippen LogP contribution in [0.5, 0.6) is 0 Å². The molecule has 0 bridgehead atoms. The van der Waals surface area contributed by atoms with E-state index >= 15 is 0 Å². The summed E-state index contributed by atoms with van der Waals surface area (Å²) in [6.45, 7) is 2.33. The summed E-state index contributed by atoms with van der Waals surface area (Å²) in [5.74, 6) is -0.204. The summed E-state index contributed by atoms with van der Waals surface area (Å²) in [6, 6.07) is 8.64. The van der Waals surface area contributed by atoms with Crippen LogP contribution >= 0.6 is 34.5 Å². The van der Waals surface area contributed by atoms with Crippen molar-refractivity contribution in [2.24, 2.45) is 0 Å². The maximum atomic E-state index is 12.2. The van der Waals surface area contributed by atoms with E-state index in [-0.39, 0.29) is 5.91 Å². The number of thiazole rings is 1. The Morgan fingerprint density at radius 3 is 2.79 bits per heavy atom. The number of carbonyl (C=O) groups excluding carboxylic acids is 1. The molecule has 0 saturated carbocycles. The molecule has 4 nitrogen and oxygen atoms in total. The zero-order valence-corrected chi connectivity index (χ0v) is 15.0. The van der Waals surface area contributed by atoms with Crippen molar-refractivity contribution in [3.63, 3.8) is 0 Å². The number of halogens is 2. The molecule has 1 N–H and O–H groups in total. The highest BCUT2D eigenvalue weighted by Crippen LogP contribution is 2.27. The van der Waals surface area contributed by atoms with Crippen molar-refractivity contribution < 1.29 is 4.79 Å². The number of hydrogen-bond acceptors (Lipinski definition) is 4. The van der Waals surface area contributed by atoms with Crippen molar-refractivity contribution >= 4 is 40.4 Å². The maximum absolute atomic E-state index is 12.2. The Kier molecular flexibility index (Phi) is 5.14. The van der Waals surface area contributed by atoms with Crippen LogP contribution in [0.15, 0.2) is 42.7 Å². The van der Waals surface area contributed by atoms with Crippen LogP contribution in [-0.2, 0) is 6.54 Å². The summed E-state index contributed by atoms with van der Waals surface area (Å²) in [5, 5.41) is 4.55. The minimum atomic E-state index is -0.204. The number of rotatable bonds is 4. The fraction of sp³-hybridized carbons (Fsp3) is 0.118. The van der Waals surface area contributed by atoms with Gasteiger partial charge in [-0.1, -0.05) is 23.2 Å². The van der Waals surface area contributed by atoms with Gasteiger partial charge in [0.1, 0.15) is 5.01 Å². The van der Waals surface area contributed by atoms with E-state index in [1.54, 1.807) is 41.9 Å². The summed E-state index contributed by atoms with van der Waals surface area (Å²) >= 11 is 13.4. The van der Waals surface area contributed by atoms with Gasteiger partial charge in [-0.15, -0.1) is 11.3 Å². The van der Waals surface area contributed by atoms with Gasteiger partial charge in [0.25, 0.3) is 5.91 Å². The smallest absolute Gasteiger partial charge is 0.251 e. The lowest BCUT2D eigenvalue weighted by Gasteiger charge is -2.05. The first kappa shape index (κ1) is 16.9. The first-order chi connectivity index (χ1) is 11.5. The predicted octanol–water partition coefficient (Wildman–Crippen LogP) is 4.75. The van der Waals surface area contributed by atoms with Crippen LogP contribution < -0.4 is 5.32 Å². The Bertz CT molecular complexity index is 881. The molecule has 0 fully saturated rings. The molecule has 1 aromatic carbocycles. The molecular weight excluding hydrogens is 365 g/mol. The number of amides is 1. The highest BCUT2D eigenvalue weighted by atomic mass is 35.5. The minimum absolute atomic E-state index is 0.204. The van der Waals surface area contributed by atoms with E-state index in [9.17, 15) is 4.79 Å². The number of aromatic nitrogens is 2. The van der Waals surface area contributed by atoms with Gasteiger partial charge in [0, 0.05) is 28.4 Å². The highest BCUT2D eigenvalue weighted by Gasteiger charge is 2.12. The van der Waals surface area contributed by atoms with Crippen molar-refractivity contribution in [3.8, 4) is 10.6 Å². The number of carbonyl (C=O) groups is 1. The standard InChI is InChI=1S/C17H13Cl2N3OS/c1-10-15(24-17(22-10)12-3-2-6-20-8-12)9-21-16(23)11-4-5-13(18)14(19)7-11/h2-8H,9H2,1H3,(H,21,23). The average Bonchev–Trinajstić information content (AvgIpc) is 2.97. The zero-order valence-electron chi connectivity index (χ0n) is 12.7. The Hall–Kier alpha value is -1.95. The minimum Gasteiger partial charge on any atom is -0.347 e. The quantitative estimate of drug-likeness (QED) is 0.713. The first-order valence-electron chi connectivity index (χ1n) is 7.14. The molecule has 0 saturated heterocycles. The molecule has 0 unspecified atom stereocenters. The van der Waals surface area contributed by atoms with Gasteiger partial charge >= 0.3 is 0 Å². The van der Waals surface area contributed by atoms with Gasteiger partial charge in [0.15, 0.2) is 0 Å². The molecule has 0 spiro atoms. The zero-order chi connectivity index (χ0) is 17.1. The number of pyridine rings is 1. The molecule has 1 amide bonds. The van der Waals surface area contributed by atoms with Crippen molar-refractivity contribution in [1.82, 2.24) is 15.3 Å². The number of hydrogen-bond donors (Lipinski definition) is 1. The SMILES string of the molecule is Cc1nc(-c2cccnc2)sc1CNC(=O)c1ccc(Cl)c(Cl)c1. The summed E-state index contributed by atoms with van der Waals surface area (Å²) in [4.78, 5) is 21.9. The summed E-state index contributed by atoms with van der Waals surface area (Å²) in [7, 11) is 0. The Labute approximate surface area is 153 Å². The van der Waals surface area contributed by atoms with Gasteiger partial charge in [-0.25, -0.2) is 4.98 Å². The van der Waals surface area contributed by atoms with Gasteiger partial charge in [-0.3, -0.25) is 9.78 Å². The molecule has 7 heteroatoms. The first-order valence-corrected chi connectivity index (χ1v) is 8.72. The van der Waals surface area contributed by atoms with E-state index < -0.39 is 0 Å². The van der Waals surface area contributed by atoms with Crippen molar-refractivity contribution in [2.45, 2.75) is 13.5 Å². The molecule has 3 rings (SSSR count). The lowest BCUT2D eigenvalue weighted by molar-refractivity contribution is 0.0951. The Morgan fingerprint density at radius 1 is 1.25 bits per heavy atom. The average molecular weight is 378 g/mol. The van der Waals surface area contributed by atoms with E-state index in [4.69, 9.17) is 23.2 Å². The highest BCUT2D eigenvalue weighted by molar-refractivity contribution is 7.15. The Balaban J connectivity index is 1.71. The molecule has 122 valence electrons. The van der Waals surface area contributed by atoms with E-state index in [0.29, 0.717) is 22.2 Å². The maximum Gasteiger partial charge on any atom is 0.251 e. The second-order valence-electron chi connectivity index (χ2n) is 5.08. The number of benzene rings is 1. The third-order valence-electron chi connectivity index (χ3n) is 3.39. The molecule has 3 aromatic rings. The van der Waals surface area contributed by atoms with Crippen molar-refractivity contribution in [1.29, 1.82) is 0 Å². The van der Waals surface area contributed by atoms with Gasteiger partial charge in [0.2, 0.25) is 0 Å². The number of nitrogens with zero attached hydrogens (tertiary/aromatic N) is 2. The van der Waals surface area contributed by atoms with Crippen LogP contribution in [0.3, 0.4) is 0 Å². The summed E-state index contributed by atoms with van der Waals surface area (Å²) in [6.07, 6.45) is 3.50. The summed E-state index contributed by atoms with van der Waals surface area (Å²) in [5.41, 5.74) is 2.33. The lowest BCUT2D eigenvalue weighted by Crippen LogP contribution is -2.22. The number of aryl methyl sites for hydroxylation is 1. The topological polar surface area (TPSA) is 54.9 Å². The molecule has 0 aliphatic carbocycles. The van der Waals surface area contributed by atoms with E-state index in [0.717, 1.165) is 21.1 Å². The Morgan fingerprint density at radius 2 is 2.08 bits per heavy atom. The third kappa shape index (κ3) is 3.75. The van der Waals surface area contributed by atoms with Gasteiger partial charge in [-0.05, 0) is 37.3 Å². The normalized spacial score (nSPS) is 10.6. The van der Waals surface area contributed by atoms with Crippen LogP contribution in [0.2, 0.25) is 10.0 Å². The van der Waals surface area contributed by atoms with Crippen LogP contribution in [0.4, 0.5) is 0 Å². The fourth-order valence-electron chi connectivity index (χ4n) is 2.10. The summed E-state index contributed by atoms with van der Waals surface area (Å²) < 4.78 is 0. The molecular formula is C17H13Cl2N3OS. The van der Waals surface area contributed by atoms with Crippen molar-refractivity contribution in [3.05, 3.63) is 68.9 Å². The van der Waals surface area contributed by atoms with E-state index in [1.165, 1.54) is 0 Å². The molecule has 0 aliphatic heterocycles. The molecule has 0 radical (unpaired) electrons. The second-order valence-corrected chi connectivity index (χ2v) is 6.98. The molecule has 0 aliphatic rings. The van der Waals surface area contributed by atoms with E-state index in [1.807, 2.05) is 19.1 Å². The monoisotopic (exact) mass is 377 g/mol. The van der Waals surface area contributed by atoms with Crippen LogP contribution in [0.1, 0.15) is 20.9 Å². The molecule has 0 atom stereocenters. The largest absolute Gasteiger partial charge is 0.347 e. The fourth-order valence-corrected chi connectivity index (χ4v) is 3.40. The van der Waals surface area contributed by atoms with Crippen LogP contribution in [0, 0.1) is 6.92 Å². The second kappa shape index (κ2) is 7.30. The van der Waals surface area contributed by atoms with Gasteiger partial charge < -0.3 is 5.32 Å². The molecule has 2 heterocycles. The molecule has 2 aromatic heterocycles.